The van der Waals surface area contributed by atoms with Gasteiger partial charge in [-0.25, -0.2) is 4.68 Å². The van der Waals surface area contributed by atoms with Crippen molar-refractivity contribution < 1.29 is 14.7 Å². The van der Waals surface area contributed by atoms with Gasteiger partial charge < -0.3 is 10.4 Å². The first-order valence-electron chi connectivity index (χ1n) is 5.52. The number of carboxylic acids is 1. The second-order valence-electron chi connectivity index (χ2n) is 4.70. The molecule has 0 unspecified atom stereocenters. The van der Waals surface area contributed by atoms with Crippen LogP contribution in [-0.4, -0.2) is 33.3 Å². The number of carboxylic acid groups (broad SMARTS) is 1. The molecule has 0 aliphatic carbocycles. The molecule has 1 amide bonds. The lowest BCUT2D eigenvalue weighted by Crippen LogP contribution is -2.42. The fraction of sp³-hybridized carbons (Fsp3) is 0.455. The van der Waals surface area contributed by atoms with E-state index in [4.69, 9.17) is 5.11 Å². The maximum absolute atomic E-state index is 11.6. The van der Waals surface area contributed by atoms with Crippen molar-refractivity contribution in [2.24, 2.45) is 5.41 Å². The summed E-state index contributed by atoms with van der Waals surface area (Å²) >= 11 is 0. The number of nitrogens with one attached hydrogen (secondary N) is 2. The quantitative estimate of drug-likeness (QED) is 0.617. The molecule has 0 radical (unpaired) electrons. The van der Waals surface area contributed by atoms with Crippen LogP contribution in [0.15, 0.2) is 21.7 Å². The Morgan fingerprint density at radius 2 is 2.00 bits per heavy atom. The number of amides is 1. The largest absolute Gasteiger partial charge is 0.481 e. The molecule has 1 heterocycles. The number of hydrogen-bond acceptors (Lipinski definition) is 4. The highest BCUT2D eigenvalue weighted by atomic mass is 16.4. The molecule has 1 rings (SSSR count). The van der Waals surface area contributed by atoms with E-state index < -0.39 is 28.4 Å². The van der Waals surface area contributed by atoms with Crippen molar-refractivity contribution >= 4 is 11.9 Å². The van der Waals surface area contributed by atoms with Gasteiger partial charge >= 0.3 is 5.97 Å². The van der Waals surface area contributed by atoms with Crippen LogP contribution in [0.4, 0.5) is 0 Å². The van der Waals surface area contributed by atoms with Gasteiger partial charge in [0.15, 0.2) is 0 Å². The highest BCUT2D eigenvalue weighted by molar-refractivity contribution is 5.78. The molecule has 0 aromatic carbocycles. The number of carbonyl (C=O) groups excluding carboxylic acids is 1. The Balaban J connectivity index is 2.67. The summed E-state index contributed by atoms with van der Waals surface area (Å²) in [5, 5.41) is 13.5. The van der Waals surface area contributed by atoms with Crippen LogP contribution in [0, 0.1) is 5.41 Å². The van der Waals surface area contributed by atoms with E-state index in [1.165, 1.54) is 13.8 Å². The van der Waals surface area contributed by atoms with Gasteiger partial charge in [0, 0.05) is 18.7 Å². The number of H-pyrrole nitrogens is 1. The molecule has 1 aromatic heterocycles. The molecule has 0 saturated heterocycles. The Morgan fingerprint density at radius 3 is 2.58 bits per heavy atom. The van der Waals surface area contributed by atoms with Gasteiger partial charge in [-0.3, -0.25) is 24.3 Å². The predicted molar refractivity (Wildman–Crippen MR) is 65.7 cm³/mol. The van der Waals surface area contributed by atoms with Crippen molar-refractivity contribution in [1.29, 1.82) is 0 Å². The number of aliphatic carboxylic acids is 1. The van der Waals surface area contributed by atoms with E-state index >= 15 is 0 Å². The second-order valence-corrected chi connectivity index (χ2v) is 4.70. The Labute approximate surface area is 108 Å². The monoisotopic (exact) mass is 269 g/mol. The van der Waals surface area contributed by atoms with E-state index in [1.807, 2.05) is 0 Å². The summed E-state index contributed by atoms with van der Waals surface area (Å²) in [6, 6.07) is 2.11. The Morgan fingerprint density at radius 1 is 1.37 bits per heavy atom. The van der Waals surface area contributed by atoms with Crippen LogP contribution in [0.3, 0.4) is 0 Å². The van der Waals surface area contributed by atoms with E-state index in [0.717, 1.165) is 16.8 Å². The van der Waals surface area contributed by atoms with Gasteiger partial charge in [0.25, 0.3) is 11.1 Å². The molecule has 0 spiro atoms. The summed E-state index contributed by atoms with van der Waals surface area (Å²) in [7, 11) is 0. The number of nitrogens with zero attached hydrogens (tertiary/aromatic N) is 1. The molecule has 8 heteroatoms. The molecule has 0 saturated carbocycles. The molecule has 3 N–H and O–H groups in total. The van der Waals surface area contributed by atoms with Crippen molar-refractivity contribution in [3.05, 3.63) is 32.8 Å². The van der Waals surface area contributed by atoms with Crippen molar-refractivity contribution in [1.82, 2.24) is 15.1 Å². The summed E-state index contributed by atoms with van der Waals surface area (Å²) in [5.41, 5.74) is -2.13. The fourth-order valence-corrected chi connectivity index (χ4v) is 1.17. The smallest absolute Gasteiger partial charge is 0.310 e. The molecule has 0 aliphatic rings. The number of hydrogen-bond donors (Lipinski definition) is 3. The summed E-state index contributed by atoms with van der Waals surface area (Å²) in [5.74, 6) is -1.60. The van der Waals surface area contributed by atoms with Crippen LogP contribution < -0.4 is 16.4 Å². The zero-order chi connectivity index (χ0) is 14.6. The van der Waals surface area contributed by atoms with Gasteiger partial charge in [-0.1, -0.05) is 0 Å². The van der Waals surface area contributed by atoms with E-state index in [9.17, 15) is 19.2 Å². The topological polar surface area (TPSA) is 121 Å². The molecule has 0 fully saturated rings. The SMILES string of the molecule is CC(C)(CNC(=O)Cn1[nH]c(=O)ccc1=O)C(=O)O. The molecule has 0 atom stereocenters. The minimum atomic E-state index is -1.11. The predicted octanol–water partition coefficient (Wildman–Crippen LogP) is -1.24. The summed E-state index contributed by atoms with van der Waals surface area (Å²) in [4.78, 5) is 44.7. The molecular formula is C11H15N3O5. The number of carbonyl (C=O) groups is 2. The second kappa shape index (κ2) is 5.51. The minimum Gasteiger partial charge on any atom is -0.481 e. The van der Waals surface area contributed by atoms with Gasteiger partial charge in [-0.2, -0.15) is 0 Å². The van der Waals surface area contributed by atoms with E-state index in [0.29, 0.717) is 0 Å². The molecular weight excluding hydrogens is 254 g/mol. The third-order valence-corrected chi connectivity index (χ3v) is 2.50. The molecule has 8 nitrogen and oxygen atoms in total. The molecule has 0 bridgehead atoms. The number of rotatable bonds is 5. The molecule has 104 valence electrons. The summed E-state index contributed by atoms with van der Waals surface area (Å²) < 4.78 is 0.853. The van der Waals surface area contributed by atoms with Crippen molar-refractivity contribution in [2.45, 2.75) is 20.4 Å². The molecule has 1 aromatic rings. The first kappa shape index (κ1) is 14.7. The number of aromatic nitrogens is 2. The first-order valence-corrected chi connectivity index (χ1v) is 5.52. The molecule has 0 aliphatic heterocycles. The maximum Gasteiger partial charge on any atom is 0.310 e. The van der Waals surface area contributed by atoms with Crippen LogP contribution in [0.5, 0.6) is 0 Å². The van der Waals surface area contributed by atoms with E-state index in [1.54, 1.807) is 0 Å². The van der Waals surface area contributed by atoms with Crippen molar-refractivity contribution in [3.63, 3.8) is 0 Å². The average molecular weight is 269 g/mol. The lowest BCUT2D eigenvalue weighted by Gasteiger charge is -2.19. The summed E-state index contributed by atoms with van der Waals surface area (Å²) in [6.07, 6.45) is 0. The van der Waals surface area contributed by atoms with Crippen molar-refractivity contribution in [3.8, 4) is 0 Å². The average Bonchev–Trinajstić information content (AvgIpc) is 2.31. The van der Waals surface area contributed by atoms with Crippen LogP contribution in [-0.2, 0) is 16.1 Å². The van der Waals surface area contributed by atoms with Gasteiger partial charge in [0.2, 0.25) is 5.91 Å². The van der Waals surface area contributed by atoms with Gasteiger partial charge in [-0.15, -0.1) is 0 Å². The zero-order valence-corrected chi connectivity index (χ0v) is 10.6. The van der Waals surface area contributed by atoms with Crippen LogP contribution in [0.2, 0.25) is 0 Å². The van der Waals surface area contributed by atoms with Crippen LogP contribution in [0.1, 0.15) is 13.8 Å². The lowest BCUT2D eigenvalue weighted by atomic mass is 9.94. The highest BCUT2D eigenvalue weighted by Crippen LogP contribution is 2.12. The lowest BCUT2D eigenvalue weighted by molar-refractivity contribution is -0.146. The summed E-state index contributed by atoms with van der Waals surface area (Å²) in [6.45, 7) is 2.48. The van der Waals surface area contributed by atoms with Gasteiger partial charge in [0.05, 0.1) is 5.41 Å². The fourth-order valence-electron chi connectivity index (χ4n) is 1.17. The third-order valence-electron chi connectivity index (χ3n) is 2.50. The Kier molecular flexibility index (Phi) is 4.26. The van der Waals surface area contributed by atoms with E-state index in [-0.39, 0.29) is 13.1 Å². The van der Waals surface area contributed by atoms with Crippen molar-refractivity contribution in [2.75, 3.05) is 6.54 Å². The van der Waals surface area contributed by atoms with Crippen LogP contribution in [0.25, 0.3) is 0 Å². The highest BCUT2D eigenvalue weighted by Gasteiger charge is 2.27. The number of aromatic amines is 1. The Bertz CT molecular complexity index is 599. The zero-order valence-electron chi connectivity index (χ0n) is 10.6. The standard InChI is InChI=1S/C11H15N3O5/c1-11(2,10(18)19)6-12-8(16)5-14-9(17)4-3-7(15)13-14/h3-4H,5-6H2,1-2H3,(H,12,16)(H,13,15)(H,18,19). The van der Waals surface area contributed by atoms with Gasteiger partial charge in [0.1, 0.15) is 6.54 Å². The first-order chi connectivity index (χ1) is 8.72. The minimum absolute atomic E-state index is 0.0764. The van der Waals surface area contributed by atoms with Crippen LogP contribution >= 0.6 is 0 Å². The van der Waals surface area contributed by atoms with Gasteiger partial charge in [-0.05, 0) is 13.8 Å². The molecule has 19 heavy (non-hydrogen) atoms. The normalized spacial score (nSPS) is 11.1. The Hall–Kier alpha value is -2.38. The van der Waals surface area contributed by atoms with E-state index in [2.05, 4.69) is 10.4 Å². The maximum atomic E-state index is 11.6. The third kappa shape index (κ3) is 4.09.